The molecule has 9 nitrogen and oxygen atoms in total. The number of carboxylic acids is 1. The Balaban J connectivity index is 2.45. The van der Waals surface area contributed by atoms with Gasteiger partial charge in [-0.15, -0.1) is 0 Å². The van der Waals surface area contributed by atoms with E-state index in [2.05, 4.69) is 21.4 Å². The number of nitrogens with two attached hydrogens (primary N) is 1. The molecule has 0 fully saturated rings. The van der Waals surface area contributed by atoms with Crippen LogP contribution in [-0.4, -0.2) is 41.4 Å². The van der Waals surface area contributed by atoms with Crippen LogP contribution < -0.4 is 16.5 Å². The molecule has 1 aromatic rings. The van der Waals surface area contributed by atoms with E-state index in [1.807, 2.05) is 0 Å². The van der Waals surface area contributed by atoms with E-state index in [9.17, 15) is 19.2 Å². The maximum atomic E-state index is 11.7. The molecule has 1 aromatic carbocycles. The molecule has 23 heavy (non-hydrogen) atoms. The van der Waals surface area contributed by atoms with E-state index in [1.54, 1.807) is 30.3 Å². The highest BCUT2D eigenvalue weighted by Gasteiger charge is 2.21. The van der Waals surface area contributed by atoms with Crippen molar-refractivity contribution in [3.63, 3.8) is 0 Å². The van der Waals surface area contributed by atoms with Gasteiger partial charge in [0, 0.05) is 12.0 Å². The first-order chi connectivity index (χ1) is 10.9. The van der Waals surface area contributed by atoms with Gasteiger partial charge in [0.05, 0.1) is 6.54 Å². The van der Waals surface area contributed by atoms with Crippen molar-refractivity contribution < 1.29 is 29.1 Å². The first-order valence-corrected chi connectivity index (χ1v) is 6.69. The lowest BCUT2D eigenvalue weighted by atomic mass is 10.1. The van der Waals surface area contributed by atoms with Crippen LogP contribution >= 0.6 is 0 Å². The zero-order chi connectivity index (χ0) is 17.2. The second-order valence-corrected chi connectivity index (χ2v) is 4.54. The quantitative estimate of drug-likeness (QED) is 0.457. The smallest absolute Gasteiger partial charge is 0.326 e. The van der Waals surface area contributed by atoms with E-state index >= 15 is 0 Å². The van der Waals surface area contributed by atoms with Crippen LogP contribution in [0.1, 0.15) is 23.2 Å². The average molecular weight is 323 g/mol. The lowest BCUT2D eigenvalue weighted by molar-refractivity contribution is -0.146. The number of carbonyl (C=O) groups excluding carboxylic acids is 3. The first kappa shape index (κ1) is 18.1. The number of carboxylic acid groups (broad SMARTS) is 1. The zero-order valence-electron chi connectivity index (χ0n) is 12.2. The molecule has 0 heterocycles. The molecule has 0 bridgehead atoms. The minimum atomic E-state index is -1.31. The number of hydrogen-bond donors (Lipinski definition) is 4. The number of aliphatic carboxylic acids is 1. The Morgan fingerprint density at radius 2 is 1.83 bits per heavy atom. The Bertz CT molecular complexity index is 575. The van der Waals surface area contributed by atoms with Crippen molar-refractivity contribution in [2.45, 2.75) is 18.9 Å². The SMILES string of the molecule is NOC(=O)CCC(NC(=O)CNC(=O)c1ccccc1)C(=O)O. The molecule has 1 atom stereocenters. The lowest BCUT2D eigenvalue weighted by Crippen LogP contribution is -2.45. The Kier molecular flexibility index (Phi) is 7.21. The van der Waals surface area contributed by atoms with E-state index in [0.717, 1.165) is 0 Å². The van der Waals surface area contributed by atoms with Crippen molar-refractivity contribution >= 4 is 23.8 Å². The van der Waals surface area contributed by atoms with Crippen molar-refractivity contribution in [3.05, 3.63) is 35.9 Å². The summed E-state index contributed by atoms with van der Waals surface area (Å²) in [6, 6.07) is 6.96. The third-order valence-corrected chi connectivity index (χ3v) is 2.85. The number of hydrogen-bond acceptors (Lipinski definition) is 6. The van der Waals surface area contributed by atoms with E-state index in [4.69, 9.17) is 5.11 Å². The van der Waals surface area contributed by atoms with Crippen LogP contribution in [0.25, 0.3) is 0 Å². The van der Waals surface area contributed by atoms with Crippen LogP contribution in [-0.2, 0) is 19.2 Å². The van der Waals surface area contributed by atoms with Crippen LogP contribution in [0.15, 0.2) is 30.3 Å². The van der Waals surface area contributed by atoms with Crippen LogP contribution in [0.2, 0.25) is 0 Å². The summed E-state index contributed by atoms with van der Waals surface area (Å²) in [5.41, 5.74) is 0.376. The second kappa shape index (κ2) is 9.15. The summed E-state index contributed by atoms with van der Waals surface area (Å²) in [6.07, 6.45) is -0.437. The summed E-state index contributed by atoms with van der Waals surface area (Å²) in [6.45, 7) is -0.390. The molecule has 0 spiro atoms. The van der Waals surface area contributed by atoms with Crippen LogP contribution in [0, 0.1) is 0 Å². The van der Waals surface area contributed by atoms with Crippen molar-refractivity contribution in [1.29, 1.82) is 0 Å². The monoisotopic (exact) mass is 323 g/mol. The highest BCUT2D eigenvalue weighted by molar-refractivity contribution is 5.96. The molecule has 0 aliphatic rings. The number of amides is 2. The Morgan fingerprint density at radius 3 is 2.39 bits per heavy atom. The third-order valence-electron chi connectivity index (χ3n) is 2.85. The van der Waals surface area contributed by atoms with Gasteiger partial charge in [0.15, 0.2) is 0 Å². The van der Waals surface area contributed by atoms with E-state index < -0.39 is 36.3 Å². The Morgan fingerprint density at radius 1 is 1.17 bits per heavy atom. The van der Waals surface area contributed by atoms with Gasteiger partial charge in [0.25, 0.3) is 5.91 Å². The molecule has 0 aliphatic heterocycles. The third kappa shape index (κ3) is 6.57. The predicted molar refractivity (Wildman–Crippen MR) is 77.9 cm³/mol. The number of nitrogens with one attached hydrogen (secondary N) is 2. The van der Waals surface area contributed by atoms with Crippen molar-refractivity contribution in [2.24, 2.45) is 5.90 Å². The minimum absolute atomic E-state index is 0.177. The number of rotatable bonds is 8. The van der Waals surface area contributed by atoms with Gasteiger partial charge >= 0.3 is 11.9 Å². The summed E-state index contributed by atoms with van der Waals surface area (Å²) >= 11 is 0. The van der Waals surface area contributed by atoms with E-state index in [-0.39, 0.29) is 12.8 Å². The summed E-state index contributed by atoms with van der Waals surface area (Å²) in [5.74, 6) is 1.39. The van der Waals surface area contributed by atoms with E-state index in [1.165, 1.54) is 0 Å². The molecular formula is C14H17N3O6. The van der Waals surface area contributed by atoms with Gasteiger partial charge in [-0.05, 0) is 18.6 Å². The number of carbonyl (C=O) groups is 4. The second-order valence-electron chi connectivity index (χ2n) is 4.54. The fraction of sp³-hybridized carbons (Fsp3) is 0.286. The predicted octanol–water partition coefficient (Wildman–Crippen LogP) is -0.817. The van der Waals surface area contributed by atoms with Crippen LogP contribution in [0.5, 0.6) is 0 Å². The van der Waals surface area contributed by atoms with Gasteiger partial charge < -0.3 is 20.6 Å². The highest BCUT2D eigenvalue weighted by Crippen LogP contribution is 2.00. The minimum Gasteiger partial charge on any atom is -0.480 e. The summed E-state index contributed by atoms with van der Waals surface area (Å²) in [7, 11) is 0. The molecular weight excluding hydrogens is 306 g/mol. The molecule has 9 heteroatoms. The van der Waals surface area contributed by atoms with Gasteiger partial charge in [0.1, 0.15) is 6.04 Å². The maximum Gasteiger partial charge on any atom is 0.326 e. The van der Waals surface area contributed by atoms with Gasteiger partial charge in [0.2, 0.25) is 5.91 Å². The van der Waals surface area contributed by atoms with Crippen LogP contribution in [0.3, 0.4) is 0 Å². The fourth-order valence-corrected chi connectivity index (χ4v) is 1.68. The van der Waals surface area contributed by atoms with Gasteiger partial charge in [-0.25, -0.2) is 4.79 Å². The molecule has 124 valence electrons. The first-order valence-electron chi connectivity index (χ1n) is 6.69. The molecule has 5 N–H and O–H groups in total. The molecule has 0 saturated heterocycles. The standard InChI is InChI=1S/C14H17N3O6/c15-23-12(19)7-6-10(14(21)22)17-11(18)8-16-13(20)9-4-2-1-3-5-9/h1-5,10H,6-8,15H2,(H,16,20)(H,17,18)(H,21,22). The topological polar surface area (TPSA) is 148 Å². The molecule has 0 radical (unpaired) electrons. The molecule has 0 aliphatic carbocycles. The average Bonchev–Trinajstić information content (AvgIpc) is 2.56. The maximum absolute atomic E-state index is 11.7. The normalized spacial score (nSPS) is 11.2. The van der Waals surface area contributed by atoms with Crippen LogP contribution in [0.4, 0.5) is 0 Å². The molecule has 0 aromatic heterocycles. The summed E-state index contributed by atoms with van der Waals surface area (Å²) < 4.78 is 0. The van der Waals surface area contributed by atoms with E-state index in [0.29, 0.717) is 5.56 Å². The van der Waals surface area contributed by atoms with Crippen molar-refractivity contribution in [3.8, 4) is 0 Å². The molecule has 1 unspecified atom stereocenters. The Hall–Kier alpha value is -2.94. The summed E-state index contributed by atoms with van der Waals surface area (Å²) in [4.78, 5) is 49.2. The lowest BCUT2D eigenvalue weighted by Gasteiger charge is -2.14. The van der Waals surface area contributed by atoms with Crippen molar-refractivity contribution in [1.82, 2.24) is 10.6 Å². The van der Waals surface area contributed by atoms with Crippen molar-refractivity contribution in [2.75, 3.05) is 6.54 Å². The van der Waals surface area contributed by atoms with Gasteiger partial charge in [-0.2, -0.15) is 5.90 Å². The molecule has 1 rings (SSSR count). The number of benzene rings is 1. The largest absolute Gasteiger partial charge is 0.480 e. The van der Waals surface area contributed by atoms with Gasteiger partial charge in [-0.1, -0.05) is 18.2 Å². The fourth-order valence-electron chi connectivity index (χ4n) is 1.68. The summed E-state index contributed by atoms with van der Waals surface area (Å²) in [5, 5.41) is 13.5. The van der Waals surface area contributed by atoms with Gasteiger partial charge in [-0.3, -0.25) is 14.4 Å². The zero-order valence-corrected chi connectivity index (χ0v) is 12.2. The Labute approximate surface area is 131 Å². The highest BCUT2D eigenvalue weighted by atomic mass is 16.7. The molecule has 2 amide bonds. The molecule has 0 saturated carbocycles.